The van der Waals surface area contributed by atoms with E-state index >= 15 is 0 Å². The lowest BCUT2D eigenvalue weighted by Crippen LogP contribution is -2.14. The van der Waals surface area contributed by atoms with Crippen LogP contribution in [0.4, 0.5) is 5.69 Å². The van der Waals surface area contributed by atoms with Crippen LogP contribution in [0, 0.1) is 6.92 Å². The van der Waals surface area contributed by atoms with Gasteiger partial charge in [0.25, 0.3) is 5.91 Å². The Labute approximate surface area is 113 Å². The van der Waals surface area contributed by atoms with Crippen molar-refractivity contribution in [2.45, 2.75) is 6.92 Å². The number of carboxylic acid groups (broad SMARTS) is 1. The lowest BCUT2D eigenvalue weighted by molar-refractivity contribution is 0.0698. The Balaban J connectivity index is 2.33. The second-order valence-corrected chi connectivity index (χ2v) is 4.24. The molecule has 2 N–H and O–H groups in total. The van der Waals surface area contributed by atoms with Crippen LogP contribution < -0.4 is 5.32 Å². The van der Waals surface area contributed by atoms with Crippen LogP contribution in [0.1, 0.15) is 26.7 Å². The van der Waals surface area contributed by atoms with Gasteiger partial charge in [0, 0.05) is 0 Å². The summed E-state index contributed by atoms with van der Waals surface area (Å²) in [4.78, 5) is 23.0. The van der Waals surface area contributed by atoms with Crippen molar-refractivity contribution in [3.8, 4) is 0 Å². The summed E-state index contributed by atoms with van der Waals surface area (Å²) in [5.41, 5.74) is -0.0279. The van der Waals surface area contributed by atoms with Gasteiger partial charge in [-0.1, -0.05) is 17.7 Å². The fourth-order valence-electron chi connectivity index (χ4n) is 1.56. The number of carboxylic acids is 1. The third-order valence-corrected chi connectivity index (χ3v) is 2.76. The molecule has 0 atom stereocenters. The van der Waals surface area contributed by atoms with Gasteiger partial charge in [0.2, 0.25) is 0 Å². The van der Waals surface area contributed by atoms with Crippen LogP contribution >= 0.6 is 11.6 Å². The van der Waals surface area contributed by atoms with E-state index in [-0.39, 0.29) is 22.0 Å². The summed E-state index contributed by atoms with van der Waals surface area (Å²) in [6.07, 6.45) is 0. The van der Waals surface area contributed by atoms with Crippen molar-refractivity contribution < 1.29 is 19.1 Å². The average molecular weight is 280 g/mol. The van der Waals surface area contributed by atoms with Crippen molar-refractivity contribution >= 4 is 29.2 Å². The Hall–Kier alpha value is -2.27. The molecule has 19 heavy (non-hydrogen) atoms. The standard InChI is InChI=1S/C13H10ClNO4/c1-7-5-6-10(19-7)12(16)15-11-8(13(17)18)3-2-4-9(11)14/h2-6H,1H3,(H,15,16)(H,17,18). The predicted molar refractivity (Wildman–Crippen MR) is 69.8 cm³/mol. The van der Waals surface area contributed by atoms with Gasteiger partial charge in [-0.25, -0.2) is 4.79 Å². The first kappa shape index (κ1) is 13.2. The van der Waals surface area contributed by atoms with E-state index in [1.165, 1.54) is 24.3 Å². The zero-order valence-corrected chi connectivity index (χ0v) is 10.7. The van der Waals surface area contributed by atoms with E-state index in [9.17, 15) is 9.59 Å². The molecule has 0 spiro atoms. The highest BCUT2D eigenvalue weighted by molar-refractivity contribution is 6.34. The molecule has 5 nitrogen and oxygen atoms in total. The molecule has 0 saturated heterocycles. The van der Waals surface area contributed by atoms with Gasteiger partial charge in [0.1, 0.15) is 5.76 Å². The number of aryl methyl sites for hydroxylation is 1. The van der Waals surface area contributed by atoms with Crippen molar-refractivity contribution in [1.29, 1.82) is 0 Å². The van der Waals surface area contributed by atoms with Gasteiger partial charge < -0.3 is 14.8 Å². The number of halogens is 1. The summed E-state index contributed by atoms with van der Waals surface area (Å²) in [6.45, 7) is 1.70. The zero-order valence-electron chi connectivity index (χ0n) is 9.94. The summed E-state index contributed by atoms with van der Waals surface area (Å²) < 4.78 is 5.16. The van der Waals surface area contributed by atoms with Gasteiger partial charge in [0.05, 0.1) is 16.3 Å². The maximum atomic E-state index is 11.9. The molecule has 1 aromatic heterocycles. The molecule has 2 aromatic rings. The summed E-state index contributed by atoms with van der Waals surface area (Å²) in [6, 6.07) is 7.49. The molecular weight excluding hydrogens is 270 g/mol. The third kappa shape index (κ3) is 2.77. The molecule has 0 saturated carbocycles. The SMILES string of the molecule is Cc1ccc(C(=O)Nc2c(Cl)cccc2C(=O)O)o1. The molecule has 0 fully saturated rings. The summed E-state index contributed by atoms with van der Waals surface area (Å²) >= 11 is 5.90. The Morgan fingerprint density at radius 2 is 2.00 bits per heavy atom. The van der Waals surface area contributed by atoms with E-state index in [2.05, 4.69) is 5.32 Å². The van der Waals surface area contributed by atoms with Crippen molar-refractivity contribution in [2.75, 3.05) is 5.32 Å². The first-order valence-electron chi connectivity index (χ1n) is 5.38. The first-order chi connectivity index (χ1) is 8.99. The minimum Gasteiger partial charge on any atom is -0.478 e. The summed E-state index contributed by atoms with van der Waals surface area (Å²) in [5, 5.41) is 11.6. The number of amides is 1. The minimum absolute atomic E-state index is 0.0516. The molecule has 6 heteroatoms. The first-order valence-corrected chi connectivity index (χ1v) is 5.76. The normalized spacial score (nSPS) is 10.2. The smallest absolute Gasteiger partial charge is 0.337 e. The summed E-state index contributed by atoms with van der Waals surface area (Å²) in [7, 11) is 0. The number of aromatic carboxylic acids is 1. The highest BCUT2D eigenvalue weighted by atomic mass is 35.5. The Bertz CT molecular complexity index is 648. The van der Waals surface area contributed by atoms with Crippen LogP contribution in [0.2, 0.25) is 5.02 Å². The Morgan fingerprint density at radius 1 is 1.26 bits per heavy atom. The average Bonchev–Trinajstić information content (AvgIpc) is 2.78. The number of carbonyl (C=O) groups is 2. The Morgan fingerprint density at radius 3 is 2.58 bits per heavy atom. The molecule has 98 valence electrons. The molecule has 0 aliphatic heterocycles. The number of anilines is 1. The van der Waals surface area contributed by atoms with E-state index in [1.807, 2.05) is 0 Å². The molecule has 0 bridgehead atoms. The van der Waals surface area contributed by atoms with E-state index in [0.717, 1.165) is 0 Å². The lowest BCUT2D eigenvalue weighted by atomic mass is 10.1. The van der Waals surface area contributed by atoms with E-state index in [0.29, 0.717) is 5.76 Å². The van der Waals surface area contributed by atoms with Gasteiger partial charge >= 0.3 is 5.97 Å². The Kier molecular flexibility index (Phi) is 3.57. The molecular formula is C13H10ClNO4. The van der Waals surface area contributed by atoms with Crippen LogP contribution in [0.15, 0.2) is 34.7 Å². The highest BCUT2D eigenvalue weighted by Crippen LogP contribution is 2.26. The van der Waals surface area contributed by atoms with Gasteiger partial charge in [-0.05, 0) is 31.2 Å². The number of benzene rings is 1. The number of para-hydroxylation sites is 1. The van der Waals surface area contributed by atoms with Crippen LogP contribution in [-0.4, -0.2) is 17.0 Å². The van der Waals surface area contributed by atoms with E-state index in [1.54, 1.807) is 13.0 Å². The van der Waals surface area contributed by atoms with Gasteiger partial charge in [-0.15, -0.1) is 0 Å². The molecule has 0 aliphatic carbocycles. The minimum atomic E-state index is -1.17. The number of rotatable bonds is 3. The second-order valence-electron chi connectivity index (χ2n) is 3.83. The molecule has 1 aromatic carbocycles. The van der Waals surface area contributed by atoms with Crippen LogP contribution in [-0.2, 0) is 0 Å². The van der Waals surface area contributed by atoms with Crippen molar-refractivity contribution in [3.05, 3.63) is 52.4 Å². The predicted octanol–water partition coefficient (Wildman–Crippen LogP) is 3.19. The zero-order chi connectivity index (χ0) is 14.0. The van der Waals surface area contributed by atoms with Gasteiger partial charge in [-0.3, -0.25) is 4.79 Å². The molecule has 0 aliphatic rings. The number of hydrogen-bond acceptors (Lipinski definition) is 3. The number of carbonyl (C=O) groups excluding carboxylic acids is 1. The van der Waals surface area contributed by atoms with Crippen LogP contribution in [0.25, 0.3) is 0 Å². The second kappa shape index (κ2) is 5.16. The summed E-state index contributed by atoms with van der Waals surface area (Å²) in [5.74, 6) is -1.05. The largest absolute Gasteiger partial charge is 0.478 e. The van der Waals surface area contributed by atoms with E-state index in [4.69, 9.17) is 21.1 Å². The fraction of sp³-hybridized carbons (Fsp3) is 0.0769. The van der Waals surface area contributed by atoms with Crippen molar-refractivity contribution in [1.82, 2.24) is 0 Å². The number of furan rings is 1. The fourth-order valence-corrected chi connectivity index (χ4v) is 1.78. The van der Waals surface area contributed by atoms with Gasteiger partial charge in [0.15, 0.2) is 5.76 Å². The maximum Gasteiger partial charge on any atom is 0.337 e. The van der Waals surface area contributed by atoms with Crippen LogP contribution in [0.5, 0.6) is 0 Å². The molecule has 2 rings (SSSR count). The molecule has 0 radical (unpaired) electrons. The molecule has 1 amide bonds. The van der Waals surface area contributed by atoms with E-state index < -0.39 is 11.9 Å². The van der Waals surface area contributed by atoms with Crippen LogP contribution in [0.3, 0.4) is 0 Å². The quantitative estimate of drug-likeness (QED) is 0.904. The highest BCUT2D eigenvalue weighted by Gasteiger charge is 2.17. The third-order valence-electron chi connectivity index (χ3n) is 2.45. The van der Waals surface area contributed by atoms with Gasteiger partial charge in [-0.2, -0.15) is 0 Å². The van der Waals surface area contributed by atoms with Crippen molar-refractivity contribution in [2.24, 2.45) is 0 Å². The molecule has 0 unspecified atom stereocenters. The maximum absolute atomic E-state index is 11.9. The monoisotopic (exact) mass is 279 g/mol. The molecule has 1 heterocycles. The lowest BCUT2D eigenvalue weighted by Gasteiger charge is -2.09. The topological polar surface area (TPSA) is 79.5 Å². The van der Waals surface area contributed by atoms with Crippen molar-refractivity contribution in [3.63, 3.8) is 0 Å². The number of hydrogen-bond donors (Lipinski definition) is 2. The number of nitrogens with one attached hydrogen (secondary N) is 1.